The Kier molecular flexibility index (Phi) is 2.42. The molecule has 1 spiro atoms. The van der Waals surface area contributed by atoms with Gasteiger partial charge in [0.25, 0.3) is 0 Å². The van der Waals surface area contributed by atoms with Crippen LogP contribution in [0.25, 0.3) is 0 Å². The average molecular weight is 330 g/mol. The standard InChI is InChI=1S/C19H22O5/c1-9-7-18-8-10(9)3-4-11(18)19-6-5-12(20)17(2,16(23)24-19)14(19)13(18)15(21)22/h5-6,10-14,20H,1,3-4,7-8H2,2H3,(H,21,22)/t10-,11-,12+,13-,14?,17+,18+,19+/m1/s1. The van der Waals surface area contributed by atoms with Crippen LogP contribution < -0.4 is 0 Å². The van der Waals surface area contributed by atoms with Crippen LogP contribution in [0, 0.1) is 34.5 Å². The summed E-state index contributed by atoms with van der Waals surface area (Å²) in [6.45, 7) is 5.88. The molecular formula is C19H22O5. The van der Waals surface area contributed by atoms with E-state index in [1.54, 1.807) is 13.0 Å². The molecule has 0 aromatic heterocycles. The highest BCUT2D eigenvalue weighted by molar-refractivity contribution is 5.86. The molecule has 4 bridgehead atoms. The van der Waals surface area contributed by atoms with E-state index in [0.717, 1.165) is 24.8 Å². The molecule has 3 saturated carbocycles. The first kappa shape index (κ1) is 14.7. The van der Waals surface area contributed by atoms with Crippen molar-refractivity contribution >= 4 is 11.9 Å². The van der Waals surface area contributed by atoms with Crippen LogP contribution in [0.5, 0.6) is 0 Å². The number of fused-ring (bicyclic) bond motifs is 1. The lowest BCUT2D eigenvalue weighted by molar-refractivity contribution is -0.161. The van der Waals surface area contributed by atoms with Gasteiger partial charge in [0.15, 0.2) is 0 Å². The second-order valence-corrected chi connectivity index (χ2v) is 8.72. The van der Waals surface area contributed by atoms with Crippen LogP contribution in [0.2, 0.25) is 0 Å². The molecule has 4 aliphatic carbocycles. The van der Waals surface area contributed by atoms with Crippen LogP contribution in [0.15, 0.2) is 24.3 Å². The van der Waals surface area contributed by atoms with Crippen molar-refractivity contribution in [2.75, 3.05) is 0 Å². The third kappa shape index (κ3) is 1.25. The second kappa shape index (κ2) is 3.96. The molecule has 1 saturated heterocycles. The Balaban J connectivity index is 1.78. The minimum Gasteiger partial charge on any atom is -0.481 e. The number of carboxylic acid groups (broad SMARTS) is 1. The number of aliphatic hydroxyl groups excluding tert-OH is 1. The SMILES string of the molecule is C=C1C[C@]23C[C@H]1CC[C@H]2[C@]12C=C[C@H](O)[C@](C)(C(=O)O1)C2[C@@H]3C(=O)O. The first-order chi connectivity index (χ1) is 11.3. The topological polar surface area (TPSA) is 83.8 Å². The van der Waals surface area contributed by atoms with Gasteiger partial charge in [-0.3, -0.25) is 9.59 Å². The lowest BCUT2D eigenvalue weighted by Crippen LogP contribution is -2.50. The summed E-state index contributed by atoms with van der Waals surface area (Å²) in [6, 6.07) is 0. The van der Waals surface area contributed by atoms with E-state index < -0.39 is 46.3 Å². The smallest absolute Gasteiger partial charge is 0.316 e. The van der Waals surface area contributed by atoms with Gasteiger partial charge in [0.1, 0.15) is 11.0 Å². The van der Waals surface area contributed by atoms with Gasteiger partial charge in [0.05, 0.1) is 12.0 Å². The van der Waals surface area contributed by atoms with Crippen molar-refractivity contribution in [3.8, 4) is 0 Å². The molecule has 24 heavy (non-hydrogen) atoms. The first-order valence-corrected chi connectivity index (χ1v) is 8.79. The van der Waals surface area contributed by atoms with Crippen molar-refractivity contribution in [3.63, 3.8) is 0 Å². The molecule has 1 unspecified atom stereocenters. The predicted octanol–water partition coefficient (Wildman–Crippen LogP) is 1.91. The van der Waals surface area contributed by atoms with Gasteiger partial charge in [-0.25, -0.2) is 0 Å². The summed E-state index contributed by atoms with van der Waals surface area (Å²) in [5.41, 5.74) is -1.30. The van der Waals surface area contributed by atoms with Gasteiger partial charge in [-0.2, -0.15) is 0 Å². The van der Waals surface area contributed by atoms with Crippen LogP contribution in [-0.2, 0) is 14.3 Å². The van der Waals surface area contributed by atoms with Gasteiger partial charge >= 0.3 is 11.9 Å². The van der Waals surface area contributed by atoms with E-state index in [4.69, 9.17) is 4.74 Å². The monoisotopic (exact) mass is 330 g/mol. The molecule has 8 atom stereocenters. The van der Waals surface area contributed by atoms with Gasteiger partial charge in [-0.1, -0.05) is 18.2 Å². The molecule has 5 aliphatic rings. The van der Waals surface area contributed by atoms with Crippen molar-refractivity contribution in [2.24, 2.45) is 34.5 Å². The lowest BCUT2D eigenvalue weighted by atomic mass is 9.61. The van der Waals surface area contributed by atoms with Gasteiger partial charge in [0, 0.05) is 11.8 Å². The van der Waals surface area contributed by atoms with E-state index in [9.17, 15) is 19.8 Å². The Bertz CT molecular complexity index is 725. The number of carbonyl (C=O) groups is 2. The van der Waals surface area contributed by atoms with Gasteiger partial charge in [-0.05, 0) is 50.0 Å². The van der Waals surface area contributed by atoms with Crippen LogP contribution in [-0.4, -0.2) is 33.9 Å². The fourth-order valence-electron chi connectivity index (χ4n) is 7.14. The van der Waals surface area contributed by atoms with E-state index in [-0.39, 0.29) is 5.92 Å². The number of rotatable bonds is 1. The quantitative estimate of drug-likeness (QED) is 0.567. The molecular weight excluding hydrogens is 308 g/mol. The maximum Gasteiger partial charge on any atom is 0.316 e. The van der Waals surface area contributed by atoms with Crippen molar-refractivity contribution in [1.29, 1.82) is 0 Å². The molecule has 0 radical (unpaired) electrons. The Morgan fingerprint density at radius 2 is 2.17 bits per heavy atom. The second-order valence-electron chi connectivity index (χ2n) is 8.72. The van der Waals surface area contributed by atoms with E-state index in [2.05, 4.69) is 6.58 Å². The maximum atomic E-state index is 12.7. The molecule has 0 aromatic rings. The molecule has 0 aromatic carbocycles. The van der Waals surface area contributed by atoms with Gasteiger partial charge in [-0.15, -0.1) is 0 Å². The third-order valence-corrected chi connectivity index (χ3v) is 8.02. The number of hydrogen-bond acceptors (Lipinski definition) is 4. The average Bonchev–Trinajstić information content (AvgIpc) is 2.98. The maximum absolute atomic E-state index is 12.7. The number of hydrogen-bond donors (Lipinski definition) is 2. The molecule has 4 fully saturated rings. The van der Waals surface area contributed by atoms with Crippen molar-refractivity contribution in [3.05, 3.63) is 24.3 Å². The highest BCUT2D eigenvalue weighted by atomic mass is 16.6. The summed E-state index contributed by atoms with van der Waals surface area (Å²) in [7, 11) is 0. The normalized spacial score (nSPS) is 56.8. The minimum absolute atomic E-state index is 0.00104. The highest BCUT2D eigenvalue weighted by Gasteiger charge is 2.82. The highest BCUT2D eigenvalue weighted by Crippen LogP contribution is 2.76. The molecule has 5 nitrogen and oxygen atoms in total. The number of allylic oxidation sites excluding steroid dienone is 1. The van der Waals surface area contributed by atoms with Crippen LogP contribution >= 0.6 is 0 Å². The Morgan fingerprint density at radius 1 is 1.42 bits per heavy atom. The van der Waals surface area contributed by atoms with E-state index in [1.807, 2.05) is 6.08 Å². The Hall–Kier alpha value is -1.62. The zero-order valence-electron chi connectivity index (χ0n) is 13.7. The van der Waals surface area contributed by atoms with Crippen molar-refractivity contribution in [1.82, 2.24) is 0 Å². The molecule has 0 amide bonds. The number of esters is 1. The number of ether oxygens (including phenoxy) is 1. The number of aliphatic hydroxyl groups is 1. The zero-order chi connectivity index (χ0) is 17.1. The van der Waals surface area contributed by atoms with Crippen molar-refractivity contribution < 1.29 is 24.5 Å². The van der Waals surface area contributed by atoms with E-state index in [1.165, 1.54) is 0 Å². The Labute approximate surface area is 140 Å². The summed E-state index contributed by atoms with van der Waals surface area (Å²) in [6.07, 6.45) is 5.83. The van der Waals surface area contributed by atoms with Crippen LogP contribution in [0.1, 0.15) is 32.6 Å². The summed E-state index contributed by atoms with van der Waals surface area (Å²) in [4.78, 5) is 25.0. The molecule has 128 valence electrons. The third-order valence-electron chi connectivity index (χ3n) is 8.02. The summed E-state index contributed by atoms with van der Waals surface area (Å²) in [5.74, 6) is -2.12. The van der Waals surface area contributed by atoms with Crippen LogP contribution in [0.4, 0.5) is 0 Å². The van der Waals surface area contributed by atoms with Crippen molar-refractivity contribution in [2.45, 2.75) is 44.3 Å². The van der Waals surface area contributed by atoms with Crippen LogP contribution in [0.3, 0.4) is 0 Å². The van der Waals surface area contributed by atoms with E-state index in [0.29, 0.717) is 12.3 Å². The summed E-state index contributed by atoms with van der Waals surface area (Å²) >= 11 is 0. The lowest BCUT2D eigenvalue weighted by Gasteiger charge is -2.42. The minimum atomic E-state index is -1.18. The van der Waals surface area contributed by atoms with Gasteiger partial charge in [0.2, 0.25) is 0 Å². The number of aliphatic carboxylic acids is 1. The summed E-state index contributed by atoms with van der Waals surface area (Å²) < 4.78 is 5.92. The van der Waals surface area contributed by atoms with Gasteiger partial charge < -0.3 is 14.9 Å². The molecule has 1 heterocycles. The molecule has 1 aliphatic heterocycles. The largest absolute Gasteiger partial charge is 0.481 e. The number of carbonyl (C=O) groups excluding carboxylic acids is 1. The first-order valence-electron chi connectivity index (χ1n) is 8.79. The number of carboxylic acids is 1. The molecule has 2 N–H and O–H groups in total. The Morgan fingerprint density at radius 3 is 2.88 bits per heavy atom. The molecule has 5 heteroatoms. The van der Waals surface area contributed by atoms with E-state index >= 15 is 0 Å². The fraction of sp³-hybridized carbons (Fsp3) is 0.684. The fourth-order valence-corrected chi connectivity index (χ4v) is 7.14. The zero-order valence-corrected chi connectivity index (χ0v) is 13.7. The molecule has 5 rings (SSSR count). The predicted molar refractivity (Wildman–Crippen MR) is 83.7 cm³/mol. The summed E-state index contributed by atoms with van der Waals surface area (Å²) in [5, 5.41) is 20.7.